The minimum absolute atomic E-state index is 0.306. The van der Waals surface area contributed by atoms with E-state index < -0.39 is 22.7 Å². The third-order valence-electron chi connectivity index (χ3n) is 2.83. The van der Waals surface area contributed by atoms with E-state index >= 15 is 0 Å². The van der Waals surface area contributed by atoms with Gasteiger partial charge in [0.05, 0.1) is 11.9 Å². The molecule has 1 atom stereocenters. The minimum Gasteiger partial charge on any atom is -0.497 e. The summed E-state index contributed by atoms with van der Waals surface area (Å²) in [6.45, 7) is 4.52. The van der Waals surface area contributed by atoms with E-state index in [1.807, 2.05) is 0 Å². The molecule has 0 saturated heterocycles. The molecule has 1 amide bonds. The van der Waals surface area contributed by atoms with Crippen molar-refractivity contribution in [2.24, 2.45) is 4.58 Å². The summed E-state index contributed by atoms with van der Waals surface area (Å²) in [5, 5.41) is 2.49. The number of methoxy groups -OCH3 is 1. The zero-order valence-electron chi connectivity index (χ0n) is 12.8. The number of carbonyl (C=O) groups is 2. The van der Waals surface area contributed by atoms with Crippen LogP contribution in [0, 0.1) is 4.91 Å². The number of hydrogen-bond acceptors (Lipinski definition) is 7. The van der Waals surface area contributed by atoms with Crippen molar-refractivity contribution in [2.45, 2.75) is 31.6 Å². The zero-order chi connectivity index (χ0) is 16.8. The average molecular weight is 326 g/mol. The average Bonchev–Trinajstić information content (AvgIpc) is 2.45. The molecule has 22 heavy (non-hydrogen) atoms. The molecule has 7 nitrogen and oxygen atoms in total. The lowest BCUT2D eigenvalue weighted by Crippen LogP contribution is -2.53. The van der Waals surface area contributed by atoms with Crippen molar-refractivity contribution in [3.63, 3.8) is 0 Å². The molecule has 0 aliphatic carbocycles. The molecular weight excluding hydrogens is 308 g/mol. The second-order valence-corrected chi connectivity index (χ2v) is 6.38. The van der Waals surface area contributed by atoms with Crippen LogP contribution in [0.2, 0.25) is 0 Å². The Kier molecular flexibility index (Phi) is 6.36. The summed E-state index contributed by atoms with van der Waals surface area (Å²) in [5.74, 6) is -0.155. The number of benzene rings is 1. The number of nitroso groups, excluding NO2 is 1. The van der Waals surface area contributed by atoms with Gasteiger partial charge in [0.2, 0.25) is 5.91 Å². The Labute approximate surface area is 132 Å². The van der Waals surface area contributed by atoms with Gasteiger partial charge >= 0.3 is 5.97 Å². The highest BCUT2D eigenvalue weighted by Crippen LogP contribution is 2.30. The van der Waals surface area contributed by atoms with E-state index in [-0.39, 0.29) is 0 Å². The molecule has 0 saturated carbocycles. The Morgan fingerprint density at radius 2 is 1.77 bits per heavy atom. The van der Waals surface area contributed by atoms with E-state index in [2.05, 4.69) is 9.90 Å². The van der Waals surface area contributed by atoms with Crippen molar-refractivity contribution < 1.29 is 19.1 Å². The normalized spacial score (nSPS) is 12.2. The third-order valence-corrected chi connectivity index (χ3v) is 3.61. The van der Waals surface area contributed by atoms with Gasteiger partial charge in [0.15, 0.2) is 0 Å². The molecule has 1 aromatic rings. The lowest BCUT2D eigenvalue weighted by molar-refractivity contribution is -0.139. The van der Waals surface area contributed by atoms with Gasteiger partial charge < -0.3 is 14.8 Å². The summed E-state index contributed by atoms with van der Waals surface area (Å²) in [5.41, 5.74) is 0. The first-order valence-electron chi connectivity index (χ1n) is 6.44. The topological polar surface area (TPSA) is 94.1 Å². The highest BCUT2D eigenvalue weighted by atomic mass is 32.2. The van der Waals surface area contributed by atoms with Gasteiger partial charge in [0.25, 0.3) is 0 Å². The highest BCUT2D eigenvalue weighted by Gasteiger charge is 2.39. The molecule has 1 aromatic carbocycles. The molecule has 120 valence electrons. The van der Waals surface area contributed by atoms with Crippen LogP contribution >= 0.6 is 11.9 Å². The van der Waals surface area contributed by atoms with Crippen molar-refractivity contribution in [1.29, 1.82) is 0 Å². The number of amides is 1. The second-order valence-electron chi connectivity index (χ2n) is 5.00. The van der Waals surface area contributed by atoms with Gasteiger partial charge in [-0.05, 0) is 38.1 Å². The first kappa shape index (κ1) is 18.0. The van der Waals surface area contributed by atoms with Crippen LogP contribution in [0.25, 0.3) is 0 Å². The van der Waals surface area contributed by atoms with Gasteiger partial charge in [-0.15, -0.1) is 4.91 Å². The van der Waals surface area contributed by atoms with E-state index in [0.717, 1.165) is 0 Å². The monoisotopic (exact) mass is 326 g/mol. The summed E-state index contributed by atoms with van der Waals surface area (Å²) in [6, 6.07) is 5.40. The van der Waals surface area contributed by atoms with Gasteiger partial charge in [-0.25, -0.2) is 4.79 Å². The first-order valence-corrected chi connectivity index (χ1v) is 7.21. The van der Waals surface area contributed by atoms with Crippen LogP contribution < -0.4 is 14.8 Å². The molecule has 0 aliphatic rings. The van der Waals surface area contributed by atoms with Gasteiger partial charge in [-0.2, -0.15) is 0 Å². The Bertz CT molecular complexity index is 545. The Morgan fingerprint density at radius 3 is 2.23 bits per heavy atom. The van der Waals surface area contributed by atoms with Crippen LogP contribution in [-0.2, 0) is 9.59 Å². The highest BCUT2D eigenvalue weighted by molar-refractivity contribution is 7.99. The lowest BCUT2D eigenvalue weighted by atomic mass is 10.0. The molecule has 0 radical (unpaired) electrons. The number of esters is 1. The fraction of sp³-hybridized carbons (Fsp3) is 0.429. The van der Waals surface area contributed by atoms with Crippen molar-refractivity contribution >= 4 is 23.8 Å². The van der Waals surface area contributed by atoms with Crippen LogP contribution in [0.5, 0.6) is 11.5 Å². The molecular formula is C14H18N2O5S. The van der Waals surface area contributed by atoms with E-state index in [1.54, 1.807) is 38.1 Å². The molecule has 0 unspecified atom stereocenters. The largest absolute Gasteiger partial charge is 0.497 e. The molecule has 0 bridgehead atoms. The Balaban J connectivity index is 2.90. The molecule has 0 fully saturated rings. The fourth-order valence-electron chi connectivity index (χ4n) is 1.69. The number of carbonyl (C=O) groups excluding carboxylic acids is 2. The number of rotatable bonds is 7. The molecule has 1 N–H and O–H groups in total. The Morgan fingerprint density at radius 1 is 1.23 bits per heavy atom. The van der Waals surface area contributed by atoms with Gasteiger partial charge in [-0.1, -0.05) is 0 Å². The number of hydrogen-bond donors (Lipinski definition) is 1. The van der Waals surface area contributed by atoms with Gasteiger partial charge in [0.1, 0.15) is 17.5 Å². The van der Waals surface area contributed by atoms with Crippen molar-refractivity contribution in [3.05, 3.63) is 29.2 Å². The van der Waals surface area contributed by atoms with Crippen molar-refractivity contribution in [3.8, 4) is 11.5 Å². The van der Waals surface area contributed by atoms with Crippen molar-refractivity contribution in [2.75, 3.05) is 7.11 Å². The molecule has 0 aliphatic heterocycles. The molecule has 1 rings (SSSR count). The summed E-state index contributed by atoms with van der Waals surface area (Å²) in [4.78, 5) is 34.1. The Hall–Kier alpha value is -2.09. The third kappa shape index (κ3) is 5.03. The van der Waals surface area contributed by atoms with Crippen LogP contribution in [0.1, 0.15) is 20.8 Å². The van der Waals surface area contributed by atoms with Crippen LogP contribution in [-0.4, -0.2) is 29.8 Å². The lowest BCUT2D eigenvalue weighted by Gasteiger charge is -2.29. The molecule has 0 heterocycles. The molecule has 0 spiro atoms. The second kappa shape index (κ2) is 7.79. The van der Waals surface area contributed by atoms with E-state index in [9.17, 15) is 14.5 Å². The predicted octanol–water partition coefficient (Wildman–Crippen LogP) is 2.30. The van der Waals surface area contributed by atoms with E-state index in [4.69, 9.17) is 9.47 Å². The van der Waals surface area contributed by atoms with Gasteiger partial charge in [0, 0.05) is 23.5 Å². The van der Waals surface area contributed by atoms with E-state index in [0.29, 0.717) is 23.4 Å². The summed E-state index contributed by atoms with van der Waals surface area (Å²) < 4.78 is 12.0. The van der Waals surface area contributed by atoms with Gasteiger partial charge in [-0.3, -0.25) is 4.79 Å². The summed E-state index contributed by atoms with van der Waals surface area (Å²) >= 11 is 0.663. The number of nitrogens with one attached hydrogen (secondary N) is 1. The summed E-state index contributed by atoms with van der Waals surface area (Å²) in [6.07, 6.45) is 0. The number of ether oxygens (including phenoxy) is 2. The van der Waals surface area contributed by atoms with Crippen LogP contribution in [0.15, 0.2) is 28.8 Å². The standard InChI is InChI=1S/C14H18N2O5S/c1-9(17)15-12(14(2,3)22-16-19)13(18)21-11-7-5-10(20-4)6-8-11/h5-8,12H,1-4H3,(H,15,17)/t12-/m0/s1. The molecule has 0 aromatic heterocycles. The number of nitrogens with zero attached hydrogens (tertiary/aromatic N) is 1. The molecule has 8 heteroatoms. The predicted molar refractivity (Wildman–Crippen MR) is 83.7 cm³/mol. The SMILES string of the molecule is COc1ccc(OC(=O)[C@H](NC(C)=O)C(C)(C)SN=O)cc1. The maximum absolute atomic E-state index is 12.3. The van der Waals surface area contributed by atoms with Crippen molar-refractivity contribution in [1.82, 2.24) is 5.32 Å². The van der Waals surface area contributed by atoms with Crippen LogP contribution in [0.3, 0.4) is 0 Å². The smallest absolute Gasteiger partial charge is 0.335 e. The maximum Gasteiger partial charge on any atom is 0.335 e. The first-order chi connectivity index (χ1) is 10.3. The fourth-order valence-corrected chi connectivity index (χ4v) is 2.14. The minimum atomic E-state index is -1.02. The summed E-state index contributed by atoms with van der Waals surface area (Å²) in [7, 11) is 1.53. The van der Waals surface area contributed by atoms with E-state index in [1.165, 1.54) is 14.0 Å². The quantitative estimate of drug-likeness (QED) is 0.357. The van der Waals surface area contributed by atoms with Crippen LogP contribution in [0.4, 0.5) is 0 Å². The maximum atomic E-state index is 12.3. The zero-order valence-corrected chi connectivity index (χ0v) is 13.6.